The van der Waals surface area contributed by atoms with Crippen LogP contribution < -0.4 is 4.72 Å². The third-order valence-corrected chi connectivity index (χ3v) is 5.77. The smallest absolute Gasteiger partial charge is 0.253 e. The van der Waals surface area contributed by atoms with Crippen LogP contribution in [0.25, 0.3) is 0 Å². The average Bonchev–Trinajstić information content (AvgIpc) is 2.67. The second-order valence-corrected chi connectivity index (χ2v) is 8.08. The highest BCUT2D eigenvalue weighted by atomic mass is 32.2. The molecule has 1 amide bonds. The predicted molar refractivity (Wildman–Crippen MR) is 98.1 cm³/mol. The maximum absolute atomic E-state index is 12.6. The Labute approximate surface area is 153 Å². The van der Waals surface area contributed by atoms with Crippen LogP contribution >= 0.6 is 0 Å². The first-order valence-corrected chi connectivity index (χ1v) is 9.90. The van der Waals surface area contributed by atoms with Crippen LogP contribution in [0.4, 0.5) is 0 Å². The van der Waals surface area contributed by atoms with Crippen molar-refractivity contribution < 1.29 is 13.2 Å². The zero-order valence-electron chi connectivity index (χ0n) is 14.6. The number of carbonyl (C=O) groups excluding carboxylic acids is 1. The summed E-state index contributed by atoms with van der Waals surface area (Å²) in [6, 6.07) is 9.73. The van der Waals surface area contributed by atoms with Gasteiger partial charge >= 0.3 is 0 Å². The Bertz CT molecular complexity index is 863. The number of likely N-dealkylation sites (N-methyl/N-ethyl adjacent to an activating group) is 1. The molecule has 26 heavy (non-hydrogen) atoms. The second kappa shape index (κ2) is 7.94. The Balaban J connectivity index is 1.72. The number of aromatic nitrogens is 1. The molecule has 0 atom stereocenters. The number of hydrogen-bond donors (Lipinski definition) is 1. The van der Waals surface area contributed by atoms with Crippen LogP contribution in [0.2, 0.25) is 0 Å². The number of sulfonamides is 1. The summed E-state index contributed by atoms with van der Waals surface area (Å²) in [5, 5.41) is 0. The molecular formula is C18H22N4O3S. The van der Waals surface area contributed by atoms with E-state index in [2.05, 4.69) is 14.6 Å². The summed E-state index contributed by atoms with van der Waals surface area (Å²) < 4.78 is 27.6. The van der Waals surface area contributed by atoms with E-state index in [1.54, 1.807) is 41.6 Å². The van der Waals surface area contributed by atoms with Crippen molar-refractivity contribution in [2.75, 3.05) is 33.2 Å². The highest BCUT2D eigenvalue weighted by Crippen LogP contribution is 2.15. The molecule has 1 N–H and O–H groups in total. The van der Waals surface area contributed by atoms with E-state index in [1.807, 2.05) is 7.05 Å². The van der Waals surface area contributed by atoms with Gasteiger partial charge in [0.2, 0.25) is 10.0 Å². The molecule has 0 radical (unpaired) electrons. The van der Waals surface area contributed by atoms with Crippen LogP contribution in [0.5, 0.6) is 0 Å². The minimum Gasteiger partial charge on any atom is -0.336 e. The molecule has 0 saturated carbocycles. The molecule has 138 valence electrons. The van der Waals surface area contributed by atoms with Gasteiger partial charge in [-0.05, 0) is 36.9 Å². The number of nitrogens with one attached hydrogen (secondary N) is 1. The summed E-state index contributed by atoms with van der Waals surface area (Å²) in [5.74, 6) is -0.137. The van der Waals surface area contributed by atoms with Crippen molar-refractivity contribution in [1.29, 1.82) is 0 Å². The Morgan fingerprint density at radius 2 is 1.92 bits per heavy atom. The van der Waals surface area contributed by atoms with Crippen molar-refractivity contribution in [2.24, 2.45) is 0 Å². The molecule has 1 aliphatic rings. The number of carbonyl (C=O) groups is 1. The number of hydrogen-bond acceptors (Lipinski definition) is 5. The molecule has 1 aromatic heterocycles. The zero-order chi connectivity index (χ0) is 18.6. The second-order valence-electron chi connectivity index (χ2n) is 6.31. The molecular weight excluding hydrogens is 352 g/mol. The molecule has 1 aromatic carbocycles. The molecule has 3 rings (SSSR count). The van der Waals surface area contributed by atoms with Gasteiger partial charge < -0.3 is 9.80 Å². The molecule has 0 unspecified atom stereocenters. The van der Waals surface area contributed by atoms with E-state index >= 15 is 0 Å². The van der Waals surface area contributed by atoms with Crippen LogP contribution in [0, 0.1) is 0 Å². The van der Waals surface area contributed by atoms with Crippen LogP contribution in [-0.4, -0.2) is 62.3 Å². The average molecular weight is 374 g/mol. The van der Waals surface area contributed by atoms with Gasteiger partial charge in [0.15, 0.2) is 0 Å². The van der Waals surface area contributed by atoms with E-state index in [9.17, 15) is 13.2 Å². The Hall–Kier alpha value is -2.29. The van der Waals surface area contributed by atoms with Crippen molar-refractivity contribution in [3.8, 4) is 0 Å². The predicted octanol–water partition coefficient (Wildman–Crippen LogP) is 0.948. The summed E-state index contributed by atoms with van der Waals surface area (Å²) >= 11 is 0. The zero-order valence-corrected chi connectivity index (χ0v) is 15.4. The largest absolute Gasteiger partial charge is 0.336 e. The summed E-state index contributed by atoms with van der Waals surface area (Å²) in [6.45, 7) is 3.07. The Morgan fingerprint density at radius 1 is 1.15 bits per heavy atom. The molecule has 0 bridgehead atoms. The van der Waals surface area contributed by atoms with Gasteiger partial charge in [0.05, 0.1) is 4.90 Å². The van der Waals surface area contributed by atoms with Crippen molar-refractivity contribution in [1.82, 2.24) is 19.5 Å². The number of benzene rings is 1. The van der Waals surface area contributed by atoms with Gasteiger partial charge in [-0.2, -0.15) is 0 Å². The van der Waals surface area contributed by atoms with Gasteiger partial charge in [0.25, 0.3) is 5.91 Å². The van der Waals surface area contributed by atoms with Crippen molar-refractivity contribution in [2.45, 2.75) is 11.4 Å². The van der Waals surface area contributed by atoms with Crippen molar-refractivity contribution in [3.63, 3.8) is 0 Å². The molecule has 2 aromatic rings. The minimum absolute atomic E-state index is 0.0846. The number of amides is 1. The normalized spacial score (nSPS) is 15.8. The molecule has 0 spiro atoms. The lowest BCUT2D eigenvalue weighted by Gasteiger charge is -2.32. The van der Waals surface area contributed by atoms with Crippen molar-refractivity contribution >= 4 is 15.9 Å². The lowest BCUT2D eigenvalue weighted by molar-refractivity contribution is 0.0664. The monoisotopic (exact) mass is 374 g/mol. The van der Waals surface area contributed by atoms with Gasteiger partial charge in [-0.25, -0.2) is 13.1 Å². The van der Waals surface area contributed by atoms with Crippen molar-refractivity contribution in [3.05, 3.63) is 59.9 Å². The summed E-state index contributed by atoms with van der Waals surface area (Å²) in [7, 11) is -1.69. The quantitative estimate of drug-likeness (QED) is 0.843. The van der Waals surface area contributed by atoms with Gasteiger partial charge in [-0.15, -0.1) is 0 Å². The Kier molecular flexibility index (Phi) is 5.65. The summed E-state index contributed by atoms with van der Waals surface area (Å²) in [6.07, 6.45) is 3.24. The first-order valence-electron chi connectivity index (χ1n) is 8.42. The van der Waals surface area contributed by atoms with E-state index in [1.165, 1.54) is 12.1 Å². The third kappa shape index (κ3) is 4.46. The number of nitrogens with zero attached hydrogens (tertiary/aromatic N) is 3. The van der Waals surface area contributed by atoms with Crippen LogP contribution in [0.1, 0.15) is 15.9 Å². The fourth-order valence-corrected chi connectivity index (χ4v) is 3.82. The number of rotatable bonds is 5. The highest BCUT2D eigenvalue weighted by molar-refractivity contribution is 7.89. The first-order chi connectivity index (χ1) is 12.5. The van der Waals surface area contributed by atoms with Gasteiger partial charge in [-0.3, -0.25) is 9.78 Å². The van der Waals surface area contributed by atoms with E-state index < -0.39 is 10.0 Å². The first kappa shape index (κ1) is 18.5. The number of piperazine rings is 1. The standard InChI is InChI=1S/C18H22N4O3S/c1-21-8-10-22(11-9-21)18(23)16-5-2-6-17(12-16)26(24,25)20-14-15-4-3-7-19-13-15/h2-7,12-13,20H,8-11,14H2,1H3. The highest BCUT2D eigenvalue weighted by Gasteiger charge is 2.22. The Morgan fingerprint density at radius 3 is 2.62 bits per heavy atom. The fourth-order valence-electron chi connectivity index (χ4n) is 2.75. The van der Waals surface area contributed by atoms with E-state index in [4.69, 9.17) is 0 Å². The lowest BCUT2D eigenvalue weighted by Crippen LogP contribution is -2.47. The minimum atomic E-state index is -3.71. The topological polar surface area (TPSA) is 82.6 Å². The molecule has 1 saturated heterocycles. The molecule has 2 heterocycles. The molecule has 8 heteroatoms. The lowest BCUT2D eigenvalue weighted by atomic mass is 10.2. The fraction of sp³-hybridized carbons (Fsp3) is 0.333. The maximum atomic E-state index is 12.6. The maximum Gasteiger partial charge on any atom is 0.253 e. The van der Waals surface area contributed by atoms with Gasteiger partial charge in [0, 0.05) is 50.7 Å². The van der Waals surface area contributed by atoms with E-state index in [0.29, 0.717) is 18.7 Å². The number of pyridine rings is 1. The summed E-state index contributed by atoms with van der Waals surface area (Å²) in [4.78, 5) is 20.6. The van der Waals surface area contributed by atoms with Crippen LogP contribution in [0.15, 0.2) is 53.7 Å². The molecule has 1 aliphatic heterocycles. The van der Waals surface area contributed by atoms with E-state index in [-0.39, 0.29) is 17.3 Å². The van der Waals surface area contributed by atoms with Gasteiger partial charge in [0.1, 0.15) is 0 Å². The molecule has 7 nitrogen and oxygen atoms in total. The van der Waals surface area contributed by atoms with Crippen LogP contribution in [0.3, 0.4) is 0 Å². The summed E-state index contributed by atoms with van der Waals surface area (Å²) in [5.41, 5.74) is 1.15. The van der Waals surface area contributed by atoms with Crippen LogP contribution in [-0.2, 0) is 16.6 Å². The van der Waals surface area contributed by atoms with Gasteiger partial charge in [-0.1, -0.05) is 12.1 Å². The van der Waals surface area contributed by atoms with E-state index in [0.717, 1.165) is 18.7 Å². The third-order valence-electron chi connectivity index (χ3n) is 4.37. The molecule has 1 fully saturated rings. The SMILES string of the molecule is CN1CCN(C(=O)c2cccc(S(=O)(=O)NCc3cccnc3)c2)CC1. The molecule has 0 aliphatic carbocycles.